The largest absolute Gasteiger partial charge is 0.493 e. The van der Waals surface area contributed by atoms with Crippen LogP contribution in [0.1, 0.15) is 20.8 Å². The molecule has 0 aliphatic carbocycles. The number of fused-ring (bicyclic) bond motifs is 1. The molecule has 5 nitrogen and oxygen atoms in total. The smallest absolute Gasteiger partial charge is 0.412 e. The van der Waals surface area contributed by atoms with Gasteiger partial charge in [-0.3, -0.25) is 5.32 Å². The maximum Gasteiger partial charge on any atom is 0.412 e. The summed E-state index contributed by atoms with van der Waals surface area (Å²) in [5, 5.41) is 4.56. The van der Waals surface area contributed by atoms with E-state index in [0.717, 1.165) is 10.8 Å². The summed E-state index contributed by atoms with van der Waals surface area (Å²) in [4.78, 5) is 12.0. The highest BCUT2D eigenvalue weighted by atomic mass is 16.6. The van der Waals surface area contributed by atoms with Gasteiger partial charge < -0.3 is 14.2 Å². The molecule has 0 aromatic heterocycles. The number of hydrogen-bond donors (Lipinski definition) is 1. The third kappa shape index (κ3) is 3.61. The topological polar surface area (TPSA) is 56.8 Å². The van der Waals surface area contributed by atoms with Gasteiger partial charge in [0.15, 0.2) is 11.5 Å². The van der Waals surface area contributed by atoms with Gasteiger partial charge in [0.25, 0.3) is 0 Å². The predicted molar refractivity (Wildman–Crippen MR) is 86.9 cm³/mol. The Labute approximate surface area is 130 Å². The van der Waals surface area contributed by atoms with Crippen LogP contribution in [0.2, 0.25) is 0 Å². The highest BCUT2D eigenvalue weighted by Gasteiger charge is 2.17. The Morgan fingerprint density at radius 2 is 1.68 bits per heavy atom. The normalized spacial score (nSPS) is 11.1. The quantitative estimate of drug-likeness (QED) is 0.923. The number of benzene rings is 2. The molecule has 0 radical (unpaired) electrons. The lowest BCUT2D eigenvalue weighted by Crippen LogP contribution is -2.27. The average Bonchev–Trinajstić information content (AvgIpc) is 2.44. The van der Waals surface area contributed by atoms with Crippen molar-refractivity contribution in [3.8, 4) is 11.5 Å². The van der Waals surface area contributed by atoms with Crippen molar-refractivity contribution in [3.63, 3.8) is 0 Å². The minimum Gasteiger partial charge on any atom is -0.493 e. The summed E-state index contributed by atoms with van der Waals surface area (Å²) in [6.45, 7) is 5.47. The number of rotatable bonds is 3. The number of carbonyl (C=O) groups excluding carboxylic acids is 1. The number of carbonyl (C=O) groups is 1. The van der Waals surface area contributed by atoms with Crippen molar-refractivity contribution in [2.75, 3.05) is 19.5 Å². The molecule has 1 N–H and O–H groups in total. The highest BCUT2D eigenvalue weighted by Crippen LogP contribution is 2.35. The Morgan fingerprint density at radius 1 is 1.05 bits per heavy atom. The number of anilines is 1. The van der Waals surface area contributed by atoms with Gasteiger partial charge in [0.1, 0.15) is 5.60 Å². The van der Waals surface area contributed by atoms with Gasteiger partial charge in [0, 0.05) is 5.39 Å². The second-order valence-corrected chi connectivity index (χ2v) is 5.86. The molecule has 0 aliphatic rings. The van der Waals surface area contributed by atoms with Crippen LogP contribution in [0.15, 0.2) is 30.3 Å². The predicted octanol–water partition coefficient (Wildman–Crippen LogP) is 4.20. The van der Waals surface area contributed by atoms with Crippen LogP contribution in [0.3, 0.4) is 0 Å². The molecule has 0 heterocycles. The van der Waals surface area contributed by atoms with Crippen molar-refractivity contribution in [3.05, 3.63) is 30.3 Å². The van der Waals surface area contributed by atoms with Crippen molar-refractivity contribution >= 4 is 22.6 Å². The van der Waals surface area contributed by atoms with Crippen LogP contribution in [0.4, 0.5) is 10.5 Å². The summed E-state index contributed by atoms with van der Waals surface area (Å²) in [6, 6.07) is 9.33. The van der Waals surface area contributed by atoms with Crippen LogP contribution in [-0.2, 0) is 4.74 Å². The molecule has 1 amide bonds. The second kappa shape index (κ2) is 6.13. The van der Waals surface area contributed by atoms with Crippen molar-refractivity contribution in [2.45, 2.75) is 26.4 Å². The van der Waals surface area contributed by atoms with Crippen molar-refractivity contribution in [2.24, 2.45) is 0 Å². The van der Waals surface area contributed by atoms with Crippen LogP contribution in [0.25, 0.3) is 10.8 Å². The van der Waals surface area contributed by atoms with E-state index in [0.29, 0.717) is 17.2 Å². The summed E-state index contributed by atoms with van der Waals surface area (Å²) in [7, 11) is 3.17. The van der Waals surface area contributed by atoms with Gasteiger partial charge in [0.2, 0.25) is 0 Å². The molecular weight excluding hydrogens is 282 g/mol. The van der Waals surface area contributed by atoms with Crippen LogP contribution in [0.5, 0.6) is 11.5 Å². The Hall–Kier alpha value is -2.43. The Kier molecular flexibility index (Phi) is 4.45. The number of amides is 1. The fourth-order valence-electron chi connectivity index (χ4n) is 2.13. The maximum absolute atomic E-state index is 12.0. The average molecular weight is 303 g/mol. The molecule has 0 aliphatic heterocycles. The summed E-state index contributed by atoms with van der Waals surface area (Å²) in [6.07, 6.45) is -0.491. The van der Waals surface area contributed by atoms with Gasteiger partial charge in [-0.2, -0.15) is 0 Å². The van der Waals surface area contributed by atoms with E-state index in [9.17, 15) is 4.79 Å². The molecule has 0 bridgehead atoms. The lowest BCUT2D eigenvalue weighted by atomic mass is 10.1. The zero-order valence-corrected chi connectivity index (χ0v) is 13.5. The molecule has 0 spiro atoms. The molecule has 0 unspecified atom stereocenters. The minimum absolute atomic E-state index is 0.491. The molecule has 0 saturated carbocycles. The number of methoxy groups -OCH3 is 2. The first-order chi connectivity index (χ1) is 10.3. The SMILES string of the molecule is COc1cc2cccc(NC(=O)OC(C)(C)C)c2cc1OC. The monoisotopic (exact) mass is 303 g/mol. The van der Waals surface area contributed by atoms with E-state index in [1.165, 1.54) is 0 Å². The van der Waals surface area contributed by atoms with Crippen molar-refractivity contribution < 1.29 is 19.0 Å². The van der Waals surface area contributed by atoms with Gasteiger partial charge in [0.05, 0.1) is 19.9 Å². The minimum atomic E-state index is -0.546. The Balaban J connectivity index is 2.40. The first kappa shape index (κ1) is 15.9. The first-order valence-electron chi connectivity index (χ1n) is 6.99. The molecule has 118 valence electrons. The highest BCUT2D eigenvalue weighted by molar-refractivity contribution is 6.01. The van der Waals surface area contributed by atoms with Crippen LogP contribution in [0, 0.1) is 0 Å². The van der Waals surface area contributed by atoms with Gasteiger partial charge >= 0.3 is 6.09 Å². The lowest BCUT2D eigenvalue weighted by molar-refractivity contribution is 0.0636. The molecule has 0 atom stereocenters. The molecular formula is C17H21NO4. The van der Waals surface area contributed by atoms with Crippen LogP contribution < -0.4 is 14.8 Å². The summed E-state index contributed by atoms with van der Waals surface area (Å²) >= 11 is 0. The van der Waals surface area contributed by atoms with Gasteiger partial charge in [-0.25, -0.2) is 4.79 Å². The second-order valence-electron chi connectivity index (χ2n) is 5.86. The van der Waals surface area contributed by atoms with Gasteiger partial charge in [-0.05, 0) is 44.4 Å². The molecule has 0 saturated heterocycles. The number of nitrogens with one attached hydrogen (secondary N) is 1. The first-order valence-corrected chi connectivity index (χ1v) is 6.99. The fraction of sp³-hybridized carbons (Fsp3) is 0.353. The third-order valence-electron chi connectivity index (χ3n) is 3.02. The van der Waals surface area contributed by atoms with E-state index in [1.54, 1.807) is 14.2 Å². The van der Waals surface area contributed by atoms with E-state index >= 15 is 0 Å². The van der Waals surface area contributed by atoms with E-state index in [1.807, 2.05) is 51.1 Å². The molecule has 2 aromatic carbocycles. The molecule has 2 aromatic rings. The van der Waals surface area contributed by atoms with Crippen LogP contribution >= 0.6 is 0 Å². The van der Waals surface area contributed by atoms with Gasteiger partial charge in [-0.15, -0.1) is 0 Å². The standard InChI is InChI=1S/C17H21NO4/c1-17(2,3)22-16(19)18-13-8-6-7-11-9-14(20-4)15(21-5)10-12(11)13/h6-10H,1-5H3,(H,18,19). The Bertz CT molecular complexity index is 689. The van der Waals surface area contributed by atoms with Crippen molar-refractivity contribution in [1.29, 1.82) is 0 Å². The zero-order chi connectivity index (χ0) is 16.3. The third-order valence-corrected chi connectivity index (χ3v) is 3.02. The number of hydrogen-bond acceptors (Lipinski definition) is 4. The zero-order valence-electron chi connectivity index (χ0n) is 13.5. The molecule has 22 heavy (non-hydrogen) atoms. The van der Waals surface area contributed by atoms with Crippen LogP contribution in [-0.4, -0.2) is 25.9 Å². The van der Waals surface area contributed by atoms with Gasteiger partial charge in [-0.1, -0.05) is 12.1 Å². The molecule has 0 fully saturated rings. The Morgan fingerprint density at radius 3 is 2.27 bits per heavy atom. The van der Waals surface area contributed by atoms with E-state index < -0.39 is 11.7 Å². The van der Waals surface area contributed by atoms with E-state index in [4.69, 9.17) is 14.2 Å². The van der Waals surface area contributed by atoms with Crippen molar-refractivity contribution in [1.82, 2.24) is 0 Å². The fourth-order valence-corrected chi connectivity index (χ4v) is 2.13. The molecule has 2 rings (SSSR count). The maximum atomic E-state index is 12.0. The summed E-state index contributed by atoms with van der Waals surface area (Å²) < 4.78 is 15.9. The molecule has 5 heteroatoms. The van der Waals surface area contributed by atoms with E-state index in [2.05, 4.69) is 5.32 Å². The lowest BCUT2D eigenvalue weighted by Gasteiger charge is -2.20. The summed E-state index contributed by atoms with van der Waals surface area (Å²) in [5.41, 5.74) is 0.114. The number of ether oxygens (including phenoxy) is 3. The van der Waals surface area contributed by atoms with E-state index in [-0.39, 0.29) is 0 Å². The summed E-state index contributed by atoms with van der Waals surface area (Å²) in [5.74, 6) is 1.25.